The van der Waals surface area contributed by atoms with Gasteiger partial charge in [-0.25, -0.2) is 0 Å². The van der Waals surface area contributed by atoms with Gasteiger partial charge in [0.1, 0.15) is 0 Å². The summed E-state index contributed by atoms with van der Waals surface area (Å²) in [5.74, 6) is 2.08. The van der Waals surface area contributed by atoms with Gasteiger partial charge < -0.3 is 25.7 Å². The molecule has 3 heterocycles. The van der Waals surface area contributed by atoms with Crippen molar-refractivity contribution in [3.63, 3.8) is 0 Å². The Kier molecular flexibility index (Phi) is 4.99. The summed E-state index contributed by atoms with van der Waals surface area (Å²) in [4.78, 5) is 11.0. The van der Waals surface area contributed by atoms with Crippen LogP contribution >= 0.6 is 0 Å². The van der Waals surface area contributed by atoms with Crippen LogP contribution in [0.1, 0.15) is 50.6 Å². The van der Waals surface area contributed by atoms with Gasteiger partial charge in [-0.15, -0.1) is 0 Å². The molecule has 4 aliphatic carbocycles. The minimum absolute atomic E-state index is 0.0857. The van der Waals surface area contributed by atoms with Gasteiger partial charge in [-0.05, 0) is 69.6 Å². The van der Waals surface area contributed by atoms with Crippen LogP contribution < -0.4 is 15.5 Å². The van der Waals surface area contributed by atoms with Crippen molar-refractivity contribution < 1.29 is 14.6 Å². The Bertz CT molecular complexity index is 1020. The van der Waals surface area contributed by atoms with Crippen molar-refractivity contribution in [2.75, 3.05) is 28.6 Å². The zero-order valence-corrected chi connectivity index (χ0v) is 18.9. The molecular formula is C23H32FN7O2. The third-order valence-electron chi connectivity index (χ3n) is 8.09. The Labute approximate surface area is 192 Å². The minimum Gasteiger partial charge on any atom is -0.393 e. The lowest BCUT2D eigenvalue weighted by Gasteiger charge is -2.58. The lowest BCUT2D eigenvalue weighted by Crippen LogP contribution is -2.59. The Morgan fingerprint density at radius 3 is 2.52 bits per heavy atom. The van der Waals surface area contributed by atoms with Crippen LogP contribution in [-0.2, 0) is 0 Å². The van der Waals surface area contributed by atoms with E-state index in [-0.39, 0.29) is 23.8 Å². The fraction of sp³-hybridized carbons (Fsp3) is 0.696. The predicted octanol–water partition coefficient (Wildman–Crippen LogP) is 2.70. The van der Waals surface area contributed by atoms with Crippen molar-refractivity contribution in [3.8, 4) is 0 Å². The van der Waals surface area contributed by atoms with Crippen molar-refractivity contribution in [2.24, 2.45) is 17.8 Å². The zero-order valence-electron chi connectivity index (χ0n) is 18.9. The van der Waals surface area contributed by atoms with E-state index in [0.29, 0.717) is 55.5 Å². The van der Waals surface area contributed by atoms with Gasteiger partial charge in [0, 0.05) is 30.9 Å². The predicted molar refractivity (Wildman–Crippen MR) is 122 cm³/mol. The molecule has 5 N–H and O–H groups in total. The molecule has 2 unspecified atom stereocenters. The number of aliphatic hydroxyl groups excluding tert-OH is 1. The van der Waals surface area contributed by atoms with E-state index < -0.39 is 11.4 Å². The highest BCUT2D eigenvalue weighted by Crippen LogP contribution is 2.56. The lowest BCUT2D eigenvalue weighted by atomic mass is 9.52. The molecule has 2 aromatic heterocycles. The van der Waals surface area contributed by atoms with E-state index in [1.165, 1.54) is 0 Å². The molecule has 2 atom stereocenters. The number of aliphatic hydroxyl groups is 2. The van der Waals surface area contributed by atoms with Crippen molar-refractivity contribution in [3.05, 3.63) is 17.6 Å². The average Bonchev–Trinajstić information content (AvgIpc) is 3.17. The van der Waals surface area contributed by atoms with E-state index in [2.05, 4.69) is 30.8 Å². The van der Waals surface area contributed by atoms with E-state index in [1.54, 1.807) is 6.07 Å². The first-order valence-electron chi connectivity index (χ1n) is 12.1. The molecule has 33 heavy (non-hydrogen) atoms. The van der Waals surface area contributed by atoms with E-state index >= 15 is 4.39 Å². The summed E-state index contributed by atoms with van der Waals surface area (Å²) in [6.07, 6.45) is 5.61. The summed E-state index contributed by atoms with van der Waals surface area (Å²) < 4.78 is 15.6. The minimum atomic E-state index is -0.517. The molecule has 10 heteroatoms. The van der Waals surface area contributed by atoms with Crippen LogP contribution in [0.4, 0.5) is 27.8 Å². The number of piperidine rings is 1. The molecule has 5 aliphatic rings. The van der Waals surface area contributed by atoms with Gasteiger partial charge >= 0.3 is 0 Å². The topological polar surface area (TPSA) is 122 Å². The van der Waals surface area contributed by atoms with Gasteiger partial charge in [-0.2, -0.15) is 19.5 Å². The average molecular weight is 458 g/mol. The van der Waals surface area contributed by atoms with E-state index in [1.807, 2.05) is 11.8 Å². The number of aromatic amines is 1. The standard InChI is InChI=1S/C23H32FN7O2/c1-12-6-17(30-29-12)25-20-18(24)21(31-4-2-16(32)3-5-31)28-22(27-20)26-19-14-7-13-8-15(19)11-23(33,9-13)10-14/h6,13-16,19,32-33H,2-5,7-11H2,1H3,(H3,25,26,27,28,29,30). The van der Waals surface area contributed by atoms with Gasteiger partial charge in [0.05, 0.1) is 11.7 Å². The summed E-state index contributed by atoms with van der Waals surface area (Å²) in [5.41, 5.74) is 0.352. The maximum atomic E-state index is 15.6. The third kappa shape index (κ3) is 3.93. The summed E-state index contributed by atoms with van der Waals surface area (Å²) in [5, 5.41) is 34.4. The Hall–Kier alpha value is -2.46. The Morgan fingerprint density at radius 2 is 1.88 bits per heavy atom. The molecule has 2 aromatic rings. The number of aromatic nitrogens is 4. The van der Waals surface area contributed by atoms with Crippen molar-refractivity contribution in [1.29, 1.82) is 0 Å². The number of nitrogens with one attached hydrogen (secondary N) is 3. The molecule has 0 spiro atoms. The molecule has 1 aliphatic heterocycles. The molecule has 7 rings (SSSR count). The fourth-order valence-electron chi connectivity index (χ4n) is 6.84. The smallest absolute Gasteiger partial charge is 0.227 e. The first-order valence-corrected chi connectivity index (χ1v) is 12.1. The molecule has 4 saturated carbocycles. The highest BCUT2D eigenvalue weighted by atomic mass is 19.1. The zero-order chi connectivity index (χ0) is 22.7. The largest absolute Gasteiger partial charge is 0.393 e. The SMILES string of the molecule is Cc1cc(Nc2nc(NC3C4CC5CC3CC(O)(C5)C4)nc(N3CCC(O)CC3)c2F)n[nH]1. The number of hydrogen-bond donors (Lipinski definition) is 5. The number of rotatable bonds is 5. The van der Waals surface area contributed by atoms with Crippen LogP contribution in [0.15, 0.2) is 6.07 Å². The lowest BCUT2D eigenvalue weighted by molar-refractivity contribution is -0.129. The number of anilines is 4. The second kappa shape index (κ2) is 7.80. The Balaban J connectivity index is 1.31. The highest BCUT2D eigenvalue weighted by molar-refractivity contribution is 5.61. The van der Waals surface area contributed by atoms with E-state index in [0.717, 1.165) is 37.8 Å². The summed E-state index contributed by atoms with van der Waals surface area (Å²) in [6.45, 7) is 2.96. The van der Waals surface area contributed by atoms with Crippen LogP contribution in [0.3, 0.4) is 0 Å². The highest BCUT2D eigenvalue weighted by Gasteiger charge is 2.54. The van der Waals surface area contributed by atoms with Crippen molar-refractivity contribution >= 4 is 23.4 Å². The summed E-state index contributed by atoms with van der Waals surface area (Å²) in [7, 11) is 0. The van der Waals surface area contributed by atoms with Crippen LogP contribution in [-0.4, -0.2) is 61.2 Å². The van der Waals surface area contributed by atoms with Crippen LogP contribution in [0.25, 0.3) is 0 Å². The van der Waals surface area contributed by atoms with Gasteiger partial charge in [-0.1, -0.05) is 0 Å². The van der Waals surface area contributed by atoms with Gasteiger partial charge in [-0.3, -0.25) is 5.10 Å². The summed E-state index contributed by atoms with van der Waals surface area (Å²) in [6, 6.07) is 1.98. The molecule has 0 radical (unpaired) electrons. The quantitative estimate of drug-likeness (QED) is 0.465. The summed E-state index contributed by atoms with van der Waals surface area (Å²) >= 11 is 0. The van der Waals surface area contributed by atoms with Crippen LogP contribution in [0.5, 0.6) is 0 Å². The van der Waals surface area contributed by atoms with Gasteiger partial charge in [0.25, 0.3) is 0 Å². The second-order valence-electron chi connectivity index (χ2n) is 10.7. The van der Waals surface area contributed by atoms with Crippen molar-refractivity contribution in [2.45, 2.75) is 69.6 Å². The monoisotopic (exact) mass is 457 g/mol. The van der Waals surface area contributed by atoms with E-state index in [4.69, 9.17) is 0 Å². The molecule has 4 bridgehead atoms. The van der Waals surface area contributed by atoms with Gasteiger partial charge in [0.2, 0.25) is 11.8 Å². The number of H-pyrrole nitrogens is 1. The molecule has 0 amide bonds. The maximum absolute atomic E-state index is 15.6. The normalized spacial score (nSPS) is 33.5. The molecule has 5 fully saturated rings. The number of nitrogens with zero attached hydrogens (tertiary/aromatic N) is 4. The second-order valence-corrected chi connectivity index (χ2v) is 10.7. The third-order valence-corrected chi connectivity index (χ3v) is 8.09. The number of hydrogen-bond acceptors (Lipinski definition) is 8. The molecule has 0 aromatic carbocycles. The fourth-order valence-corrected chi connectivity index (χ4v) is 6.84. The number of aryl methyl sites for hydroxylation is 1. The van der Waals surface area contributed by atoms with Crippen LogP contribution in [0, 0.1) is 30.5 Å². The Morgan fingerprint density at radius 1 is 1.15 bits per heavy atom. The molecule has 178 valence electrons. The first-order chi connectivity index (χ1) is 15.8. The van der Waals surface area contributed by atoms with Crippen molar-refractivity contribution in [1.82, 2.24) is 20.2 Å². The van der Waals surface area contributed by atoms with Crippen LogP contribution in [0.2, 0.25) is 0 Å². The molecular weight excluding hydrogens is 425 g/mol. The molecule has 9 nitrogen and oxygen atoms in total. The maximum Gasteiger partial charge on any atom is 0.227 e. The first kappa shape index (κ1) is 21.1. The van der Waals surface area contributed by atoms with E-state index in [9.17, 15) is 10.2 Å². The number of halogens is 1. The molecule has 1 saturated heterocycles. The van der Waals surface area contributed by atoms with Gasteiger partial charge in [0.15, 0.2) is 17.5 Å².